The van der Waals surface area contributed by atoms with Gasteiger partial charge in [-0.1, -0.05) is 0 Å². The van der Waals surface area contributed by atoms with E-state index < -0.39 is 0 Å². The van der Waals surface area contributed by atoms with Gasteiger partial charge < -0.3 is 24.0 Å². The lowest BCUT2D eigenvalue weighted by atomic mass is 10.1. The van der Waals surface area contributed by atoms with Crippen molar-refractivity contribution in [2.45, 2.75) is 20.0 Å². The number of hydrogen-bond donors (Lipinski definition) is 2. The second-order valence-corrected chi connectivity index (χ2v) is 7.11. The zero-order chi connectivity index (χ0) is 19.1. The molecule has 1 aliphatic heterocycles. The van der Waals surface area contributed by atoms with Gasteiger partial charge in [0.15, 0.2) is 0 Å². The topological polar surface area (TPSA) is 36.6 Å². The molecule has 1 heterocycles. The monoisotopic (exact) mass is 372 g/mol. The zero-order valence-electron chi connectivity index (χ0n) is 16.7. The summed E-state index contributed by atoms with van der Waals surface area (Å²) < 4.78 is 16.4. The third kappa shape index (κ3) is 5.37. The van der Waals surface area contributed by atoms with E-state index in [1.807, 2.05) is 19.1 Å². The van der Waals surface area contributed by atoms with Crippen molar-refractivity contribution in [2.75, 3.05) is 47.0 Å². The highest BCUT2D eigenvalue weighted by atomic mass is 16.5. The van der Waals surface area contributed by atoms with E-state index in [0.29, 0.717) is 6.61 Å². The van der Waals surface area contributed by atoms with Crippen LogP contribution in [0.2, 0.25) is 0 Å². The van der Waals surface area contributed by atoms with Gasteiger partial charge >= 0.3 is 0 Å². The van der Waals surface area contributed by atoms with Crippen molar-refractivity contribution < 1.29 is 24.0 Å². The highest BCUT2D eigenvalue weighted by molar-refractivity contribution is 5.39. The molecule has 2 aromatic carbocycles. The normalized spacial score (nSPS) is 19.5. The lowest BCUT2D eigenvalue weighted by Gasteiger charge is -2.30. The number of quaternary nitrogens is 2. The van der Waals surface area contributed by atoms with Gasteiger partial charge in [-0.25, -0.2) is 0 Å². The molecular weight excluding hydrogens is 340 g/mol. The number of hydrogen-bond acceptors (Lipinski definition) is 3. The van der Waals surface area contributed by atoms with Crippen LogP contribution in [0.3, 0.4) is 0 Å². The van der Waals surface area contributed by atoms with E-state index in [1.54, 1.807) is 24.0 Å². The number of ether oxygens (including phenoxy) is 3. The standard InChI is InChI=1S/C22H30N2O3/c1-4-27-20-7-5-18(6-8-20)16-23-11-13-24(14-12-23)17-19-15-21(25-2)9-10-22(19)26-3/h5-10,15H,4,11-14,16-17H2,1-3H3/p+2. The first-order chi connectivity index (χ1) is 13.2. The van der Waals surface area contributed by atoms with E-state index in [-0.39, 0.29) is 0 Å². The van der Waals surface area contributed by atoms with Crippen molar-refractivity contribution in [1.29, 1.82) is 0 Å². The molecule has 2 aromatic rings. The summed E-state index contributed by atoms with van der Waals surface area (Å²) in [7, 11) is 3.45. The smallest absolute Gasteiger partial charge is 0.127 e. The van der Waals surface area contributed by atoms with Gasteiger partial charge in [0.2, 0.25) is 0 Å². The highest BCUT2D eigenvalue weighted by Gasteiger charge is 2.24. The molecule has 0 bridgehead atoms. The molecule has 3 rings (SSSR count). The van der Waals surface area contributed by atoms with Gasteiger partial charge in [-0.3, -0.25) is 0 Å². The van der Waals surface area contributed by atoms with Crippen molar-refractivity contribution in [2.24, 2.45) is 0 Å². The van der Waals surface area contributed by atoms with Crippen molar-refractivity contribution in [3.05, 3.63) is 53.6 Å². The zero-order valence-corrected chi connectivity index (χ0v) is 16.7. The van der Waals surface area contributed by atoms with E-state index in [4.69, 9.17) is 14.2 Å². The number of piperazine rings is 1. The summed E-state index contributed by atoms with van der Waals surface area (Å²) in [4.78, 5) is 3.26. The molecule has 0 aromatic heterocycles. The fraction of sp³-hybridized carbons (Fsp3) is 0.455. The van der Waals surface area contributed by atoms with Crippen LogP contribution >= 0.6 is 0 Å². The molecule has 5 heteroatoms. The summed E-state index contributed by atoms with van der Waals surface area (Å²) in [5.41, 5.74) is 2.60. The summed E-state index contributed by atoms with van der Waals surface area (Å²) in [6.07, 6.45) is 0. The molecule has 0 unspecified atom stereocenters. The Morgan fingerprint density at radius 3 is 2.00 bits per heavy atom. The van der Waals surface area contributed by atoms with Crippen LogP contribution in [-0.2, 0) is 13.1 Å². The molecule has 0 atom stereocenters. The Morgan fingerprint density at radius 1 is 0.778 bits per heavy atom. The quantitative estimate of drug-likeness (QED) is 0.712. The Balaban J connectivity index is 1.51. The molecule has 0 spiro atoms. The first kappa shape index (κ1) is 19.5. The largest absolute Gasteiger partial charge is 0.497 e. The molecule has 1 saturated heterocycles. The predicted molar refractivity (Wildman–Crippen MR) is 106 cm³/mol. The highest BCUT2D eigenvalue weighted by Crippen LogP contribution is 2.23. The summed E-state index contributed by atoms with van der Waals surface area (Å²) in [6.45, 7) is 9.52. The molecular formula is C22H32N2O3+2. The van der Waals surface area contributed by atoms with Crippen molar-refractivity contribution >= 4 is 0 Å². The number of benzene rings is 2. The SMILES string of the molecule is CCOc1ccc(C[NH+]2CC[NH+](Cc3cc(OC)ccc3OC)CC2)cc1. The third-order valence-corrected chi connectivity index (χ3v) is 5.28. The fourth-order valence-corrected chi connectivity index (χ4v) is 3.76. The summed E-state index contributed by atoms with van der Waals surface area (Å²) >= 11 is 0. The van der Waals surface area contributed by atoms with Crippen LogP contribution < -0.4 is 24.0 Å². The van der Waals surface area contributed by atoms with E-state index in [2.05, 4.69) is 30.3 Å². The lowest BCUT2D eigenvalue weighted by molar-refractivity contribution is -1.02. The van der Waals surface area contributed by atoms with Crippen LogP contribution in [0.5, 0.6) is 17.2 Å². The van der Waals surface area contributed by atoms with E-state index >= 15 is 0 Å². The number of nitrogens with one attached hydrogen (secondary N) is 2. The molecule has 0 radical (unpaired) electrons. The number of rotatable bonds is 8. The Hall–Kier alpha value is -2.24. The summed E-state index contributed by atoms with van der Waals surface area (Å²) in [6, 6.07) is 14.6. The van der Waals surface area contributed by atoms with Gasteiger partial charge in [0.25, 0.3) is 0 Å². The predicted octanol–water partition coefficient (Wildman–Crippen LogP) is 0.586. The first-order valence-electron chi connectivity index (χ1n) is 9.81. The van der Waals surface area contributed by atoms with Crippen LogP contribution in [-0.4, -0.2) is 47.0 Å². The van der Waals surface area contributed by atoms with Crippen LogP contribution in [0.25, 0.3) is 0 Å². The van der Waals surface area contributed by atoms with Crippen molar-refractivity contribution in [3.8, 4) is 17.2 Å². The first-order valence-corrected chi connectivity index (χ1v) is 9.81. The van der Waals surface area contributed by atoms with Gasteiger partial charge in [0.1, 0.15) is 56.5 Å². The van der Waals surface area contributed by atoms with Crippen LogP contribution in [0.1, 0.15) is 18.1 Å². The van der Waals surface area contributed by atoms with Crippen LogP contribution in [0, 0.1) is 0 Å². The maximum Gasteiger partial charge on any atom is 0.127 e. The van der Waals surface area contributed by atoms with Gasteiger partial charge in [-0.15, -0.1) is 0 Å². The molecule has 0 aliphatic carbocycles. The van der Waals surface area contributed by atoms with E-state index in [0.717, 1.165) is 30.3 Å². The Kier molecular flexibility index (Phi) is 6.96. The van der Waals surface area contributed by atoms with E-state index in [9.17, 15) is 0 Å². The maximum absolute atomic E-state index is 5.53. The lowest BCUT2D eigenvalue weighted by Crippen LogP contribution is -3.27. The Morgan fingerprint density at radius 2 is 1.41 bits per heavy atom. The van der Waals surface area contributed by atoms with Gasteiger partial charge in [0.05, 0.1) is 26.4 Å². The fourth-order valence-electron chi connectivity index (χ4n) is 3.76. The van der Waals surface area contributed by atoms with Gasteiger partial charge in [0, 0.05) is 5.56 Å². The molecule has 5 nitrogen and oxygen atoms in total. The average Bonchev–Trinajstić information content (AvgIpc) is 2.71. The molecule has 0 saturated carbocycles. The van der Waals surface area contributed by atoms with E-state index in [1.165, 1.54) is 37.3 Å². The Labute approximate surface area is 162 Å². The molecule has 146 valence electrons. The second kappa shape index (κ2) is 9.62. The maximum atomic E-state index is 5.53. The number of methoxy groups -OCH3 is 2. The van der Waals surface area contributed by atoms with Crippen molar-refractivity contribution in [1.82, 2.24) is 0 Å². The van der Waals surface area contributed by atoms with Crippen molar-refractivity contribution in [3.63, 3.8) is 0 Å². The van der Waals surface area contributed by atoms with Crippen LogP contribution in [0.15, 0.2) is 42.5 Å². The Bertz CT molecular complexity index is 710. The molecule has 2 N–H and O–H groups in total. The molecule has 1 fully saturated rings. The molecule has 1 aliphatic rings. The average molecular weight is 373 g/mol. The van der Waals surface area contributed by atoms with Gasteiger partial charge in [-0.05, 0) is 49.4 Å². The second-order valence-electron chi connectivity index (χ2n) is 7.11. The minimum atomic E-state index is 0.716. The van der Waals surface area contributed by atoms with Gasteiger partial charge in [-0.2, -0.15) is 0 Å². The summed E-state index contributed by atoms with van der Waals surface area (Å²) in [5, 5.41) is 0. The molecule has 27 heavy (non-hydrogen) atoms. The minimum Gasteiger partial charge on any atom is -0.497 e. The molecule has 0 amide bonds. The third-order valence-electron chi connectivity index (χ3n) is 5.28. The van der Waals surface area contributed by atoms with Crippen LogP contribution in [0.4, 0.5) is 0 Å². The summed E-state index contributed by atoms with van der Waals surface area (Å²) in [5.74, 6) is 2.80. The minimum absolute atomic E-state index is 0.716.